The van der Waals surface area contributed by atoms with Crippen LogP contribution in [0.2, 0.25) is 0 Å². The van der Waals surface area contributed by atoms with E-state index in [-0.39, 0.29) is 0 Å². The van der Waals surface area contributed by atoms with Crippen LogP contribution in [0.15, 0.2) is 4.52 Å². The van der Waals surface area contributed by atoms with Crippen LogP contribution in [0.4, 0.5) is 0 Å². The monoisotopic (exact) mass is 225 g/mol. The molecule has 1 fully saturated rings. The van der Waals surface area contributed by atoms with Gasteiger partial charge in [0, 0.05) is 19.6 Å². The van der Waals surface area contributed by atoms with Crippen molar-refractivity contribution in [2.45, 2.75) is 37.6 Å². The highest BCUT2D eigenvalue weighted by molar-refractivity contribution is 5.02. The van der Waals surface area contributed by atoms with E-state index >= 15 is 0 Å². The van der Waals surface area contributed by atoms with Crippen LogP contribution in [-0.4, -0.2) is 36.9 Å². The van der Waals surface area contributed by atoms with Gasteiger partial charge >= 0.3 is 0 Å². The van der Waals surface area contributed by atoms with Crippen LogP contribution in [0.3, 0.4) is 0 Å². The Balaban J connectivity index is 2.00. The van der Waals surface area contributed by atoms with E-state index < -0.39 is 0 Å². The van der Waals surface area contributed by atoms with E-state index in [4.69, 9.17) is 9.26 Å². The Kier molecular flexibility index (Phi) is 3.90. The zero-order valence-electron chi connectivity index (χ0n) is 9.90. The molecule has 0 bridgehead atoms. The van der Waals surface area contributed by atoms with E-state index in [1.807, 2.05) is 7.05 Å². The maximum Gasteiger partial charge on any atom is 0.231 e. The highest BCUT2D eigenvalue weighted by Gasteiger charge is 2.31. The fourth-order valence-corrected chi connectivity index (χ4v) is 2.31. The molecule has 1 heterocycles. The molecule has 0 amide bonds. The van der Waals surface area contributed by atoms with Gasteiger partial charge in [-0.2, -0.15) is 4.98 Å². The van der Waals surface area contributed by atoms with Gasteiger partial charge in [0.15, 0.2) is 5.82 Å². The average Bonchev–Trinajstić information content (AvgIpc) is 2.94. The second-order valence-corrected chi connectivity index (χ2v) is 4.22. The normalized spacial score (nSPS) is 25.1. The van der Waals surface area contributed by atoms with Crippen molar-refractivity contribution in [1.29, 1.82) is 0 Å². The summed E-state index contributed by atoms with van der Waals surface area (Å²) in [5.74, 6) is 1.91. The first-order valence-electron chi connectivity index (χ1n) is 5.84. The molecule has 16 heavy (non-hydrogen) atoms. The standard InChI is InChI=1S/C11H19N3O2/c1-12-9-5-3-4-8(9)11-13-10(14-16-11)6-7-15-2/h8-9,12H,3-7H2,1-2H3/t8-,9+/m0/s1. The second-order valence-electron chi connectivity index (χ2n) is 4.22. The van der Waals surface area contributed by atoms with Gasteiger partial charge in [-0.3, -0.25) is 0 Å². The van der Waals surface area contributed by atoms with Gasteiger partial charge in [0.05, 0.1) is 12.5 Å². The lowest BCUT2D eigenvalue weighted by molar-refractivity contribution is 0.199. The largest absolute Gasteiger partial charge is 0.384 e. The number of hydrogen-bond acceptors (Lipinski definition) is 5. The first-order valence-corrected chi connectivity index (χ1v) is 5.84. The molecule has 0 aliphatic heterocycles. The molecule has 5 nitrogen and oxygen atoms in total. The number of nitrogens with one attached hydrogen (secondary N) is 1. The third kappa shape index (κ3) is 2.41. The molecule has 1 aromatic heterocycles. The van der Waals surface area contributed by atoms with Crippen LogP contribution in [-0.2, 0) is 11.2 Å². The van der Waals surface area contributed by atoms with Crippen LogP contribution < -0.4 is 5.32 Å². The van der Waals surface area contributed by atoms with E-state index in [0.717, 1.165) is 24.6 Å². The summed E-state index contributed by atoms with van der Waals surface area (Å²) in [4.78, 5) is 4.43. The summed E-state index contributed by atoms with van der Waals surface area (Å²) in [7, 11) is 3.67. The van der Waals surface area contributed by atoms with Gasteiger partial charge in [-0.15, -0.1) is 0 Å². The predicted molar refractivity (Wildman–Crippen MR) is 59.3 cm³/mol. The first-order chi connectivity index (χ1) is 7.85. The molecule has 1 aromatic rings. The molecule has 0 unspecified atom stereocenters. The Hall–Kier alpha value is -0.940. The van der Waals surface area contributed by atoms with Crippen LogP contribution in [0.5, 0.6) is 0 Å². The summed E-state index contributed by atoms with van der Waals surface area (Å²) in [6, 6.07) is 0.482. The van der Waals surface area contributed by atoms with Crippen LogP contribution in [0, 0.1) is 0 Å². The highest BCUT2D eigenvalue weighted by Crippen LogP contribution is 2.33. The molecular weight excluding hydrogens is 206 g/mol. The van der Waals surface area contributed by atoms with Crippen LogP contribution in [0.25, 0.3) is 0 Å². The van der Waals surface area contributed by atoms with E-state index in [9.17, 15) is 0 Å². The maximum atomic E-state index is 5.32. The minimum Gasteiger partial charge on any atom is -0.384 e. The molecule has 2 atom stereocenters. The smallest absolute Gasteiger partial charge is 0.231 e. The van der Waals surface area contributed by atoms with Crippen molar-refractivity contribution in [3.8, 4) is 0 Å². The van der Waals surface area contributed by atoms with Gasteiger partial charge < -0.3 is 14.6 Å². The molecule has 5 heteroatoms. The average molecular weight is 225 g/mol. The summed E-state index contributed by atoms with van der Waals surface area (Å²) >= 11 is 0. The molecule has 2 rings (SSSR count). The van der Waals surface area contributed by atoms with Crippen LogP contribution >= 0.6 is 0 Å². The maximum absolute atomic E-state index is 5.32. The van der Waals surface area contributed by atoms with E-state index in [0.29, 0.717) is 18.6 Å². The van der Waals surface area contributed by atoms with Gasteiger partial charge in [0.2, 0.25) is 5.89 Å². The van der Waals surface area contributed by atoms with E-state index in [1.54, 1.807) is 7.11 Å². The van der Waals surface area contributed by atoms with Crippen molar-refractivity contribution >= 4 is 0 Å². The lowest BCUT2D eigenvalue weighted by atomic mass is 10.0. The summed E-state index contributed by atoms with van der Waals surface area (Å²) in [5.41, 5.74) is 0. The van der Waals surface area contributed by atoms with E-state index in [1.165, 1.54) is 12.8 Å². The fourth-order valence-electron chi connectivity index (χ4n) is 2.31. The van der Waals surface area contributed by atoms with Gasteiger partial charge in [0.25, 0.3) is 0 Å². The van der Waals surface area contributed by atoms with Crippen molar-refractivity contribution in [3.05, 3.63) is 11.7 Å². The summed E-state index contributed by atoms with van der Waals surface area (Å²) in [6.07, 6.45) is 4.28. The minimum absolute atomic E-state index is 0.383. The minimum atomic E-state index is 0.383. The number of nitrogens with zero attached hydrogens (tertiary/aromatic N) is 2. The molecule has 1 aliphatic rings. The van der Waals surface area contributed by atoms with Gasteiger partial charge in [0.1, 0.15) is 0 Å². The fraction of sp³-hybridized carbons (Fsp3) is 0.818. The zero-order valence-corrected chi connectivity index (χ0v) is 9.90. The molecule has 1 N–H and O–H groups in total. The molecule has 1 saturated carbocycles. The summed E-state index contributed by atoms with van der Waals surface area (Å²) in [6.45, 7) is 0.638. The zero-order chi connectivity index (χ0) is 11.4. The SMILES string of the molecule is CN[C@@H]1CCC[C@@H]1c1nc(CCOC)no1. The number of hydrogen-bond donors (Lipinski definition) is 1. The number of ether oxygens (including phenoxy) is 1. The van der Waals surface area contributed by atoms with E-state index in [2.05, 4.69) is 15.5 Å². The summed E-state index contributed by atoms with van der Waals surface area (Å²) < 4.78 is 10.3. The summed E-state index contributed by atoms with van der Waals surface area (Å²) in [5, 5.41) is 7.29. The molecule has 90 valence electrons. The Morgan fingerprint density at radius 3 is 3.12 bits per heavy atom. The van der Waals surface area contributed by atoms with Gasteiger partial charge in [-0.25, -0.2) is 0 Å². The topological polar surface area (TPSA) is 60.2 Å². The van der Waals surface area contributed by atoms with Crippen molar-refractivity contribution in [2.75, 3.05) is 20.8 Å². The molecular formula is C11H19N3O2. The van der Waals surface area contributed by atoms with Crippen molar-refractivity contribution in [3.63, 3.8) is 0 Å². The Labute approximate surface area is 95.6 Å². The molecule has 0 radical (unpaired) electrons. The first kappa shape index (κ1) is 11.5. The van der Waals surface area contributed by atoms with Gasteiger partial charge in [-0.1, -0.05) is 11.6 Å². The third-order valence-corrected chi connectivity index (χ3v) is 3.22. The molecule has 0 aromatic carbocycles. The lowest BCUT2D eigenvalue weighted by Gasteiger charge is -2.14. The quantitative estimate of drug-likeness (QED) is 0.813. The number of aromatic nitrogens is 2. The third-order valence-electron chi connectivity index (χ3n) is 3.22. The van der Waals surface area contributed by atoms with Crippen LogP contribution in [0.1, 0.15) is 36.9 Å². The lowest BCUT2D eigenvalue weighted by Crippen LogP contribution is -2.27. The number of rotatable bonds is 5. The number of likely N-dealkylation sites (N-methyl/N-ethyl adjacent to an activating group) is 1. The second kappa shape index (κ2) is 5.41. The predicted octanol–water partition coefficient (Wildman–Crippen LogP) is 1.11. The Bertz CT molecular complexity index is 327. The van der Waals surface area contributed by atoms with Crippen molar-refractivity contribution < 1.29 is 9.26 Å². The molecule has 0 spiro atoms. The number of methoxy groups -OCH3 is 1. The highest BCUT2D eigenvalue weighted by atomic mass is 16.5. The van der Waals surface area contributed by atoms with Crippen molar-refractivity contribution in [1.82, 2.24) is 15.5 Å². The Morgan fingerprint density at radius 1 is 1.50 bits per heavy atom. The molecule has 0 saturated heterocycles. The molecule has 1 aliphatic carbocycles. The van der Waals surface area contributed by atoms with Crippen molar-refractivity contribution in [2.24, 2.45) is 0 Å². The Morgan fingerprint density at radius 2 is 2.38 bits per heavy atom. The van der Waals surface area contributed by atoms with Gasteiger partial charge in [-0.05, 0) is 19.9 Å².